The minimum atomic E-state index is -0.247. The second-order valence-electron chi connectivity index (χ2n) is 5.75. The number of aromatic hydroxyl groups is 1. The first kappa shape index (κ1) is 15.3. The summed E-state index contributed by atoms with van der Waals surface area (Å²) in [5.74, 6) is -0.425. The number of halogens is 1. The summed E-state index contributed by atoms with van der Waals surface area (Å²) >= 11 is 0. The Balaban J connectivity index is 1.69. The average Bonchev–Trinajstić information content (AvgIpc) is 2.55. The Morgan fingerprint density at radius 3 is 2.43 bits per heavy atom. The van der Waals surface area contributed by atoms with E-state index in [9.17, 15) is 14.3 Å². The third-order valence-electron chi connectivity index (χ3n) is 4.14. The number of para-hydroxylation sites is 1. The highest BCUT2D eigenvalue weighted by Crippen LogP contribution is 2.23. The molecule has 1 aliphatic rings. The van der Waals surface area contributed by atoms with E-state index in [4.69, 9.17) is 0 Å². The Labute approximate surface area is 134 Å². The number of benzene rings is 2. The van der Waals surface area contributed by atoms with Crippen LogP contribution in [0.1, 0.15) is 15.9 Å². The highest BCUT2D eigenvalue weighted by Gasteiger charge is 2.24. The van der Waals surface area contributed by atoms with Gasteiger partial charge in [-0.25, -0.2) is 4.39 Å². The summed E-state index contributed by atoms with van der Waals surface area (Å²) in [5.41, 5.74) is 1.79. The lowest BCUT2D eigenvalue weighted by molar-refractivity contribution is 0.0743. The third-order valence-corrected chi connectivity index (χ3v) is 4.14. The van der Waals surface area contributed by atoms with E-state index in [1.54, 1.807) is 35.2 Å². The molecule has 3 rings (SSSR count). The van der Waals surface area contributed by atoms with E-state index >= 15 is 0 Å². The zero-order valence-corrected chi connectivity index (χ0v) is 13.0. The van der Waals surface area contributed by atoms with Gasteiger partial charge in [0.25, 0.3) is 5.91 Å². The second kappa shape index (κ2) is 6.28. The van der Waals surface area contributed by atoms with Crippen LogP contribution in [0.25, 0.3) is 0 Å². The zero-order valence-electron chi connectivity index (χ0n) is 13.0. The molecular weight excluding hydrogens is 295 g/mol. The highest BCUT2D eigenvalue weighted by molar-refractivity contribution is 5.97. The third kappa shape index (κ3) is 3.13. The predicted octanol–water partition coefficient (Wildman–Crippen LogP) is 2.80. The van der Waals surface area contributed by atoms with E-state index in [0.29, 0.717) is 37.4 Å². The molecule has 120 valence electrons. The summed E-state index contributed by atoms with van der Waals surface area (Å²) in [6.45, 7) is 4.00. The van der Waals surface area contributed by atoms with Gasteiger partial charge in [-0.1, -0.05) is 18.2 Å². The summed E-state index contributed by atoms with van der Waals surface area (Å²) in [5, 5.41) is 9.95. The van der Waals surface area contributed by atoms with Gasteiger partial charge < -0.3 is 14.9 Å². The van der Waals surface area contributed by atoms with Crippen molar-refractivity contribution >= 4 is 11.6 Å². The molecule has 0 spiro atoms. The molecule has 5 heteroatoms. The smallest absolute Gasteiger partial charge is 0.257 e. The van der Waals surface area contributed by atoms with Gasteiger partial charge in [0, 0.05) is 26.2 Å². The largest absolute Gasteiger partial charge is 0.507 e. The van der Waals surface area contributed by atoms with E-state index in [1.807, 2.05) is 17.9 Å². The number of nitrogens with zero attached hydrogens (tertiary/aromatic N) is 2. The lowest BCUT2D eigenvalue weighted by atomic mass is 10.1. The maximum atomic E-state index is 13.8. The molecule has 0 saturated carbocycles. The maximum Gasteiger partial charge on any atom is 0.257 e. The number of carbonyl (C=O) groups excluding carboxylic acids is 1. The number of phenols is 1. The molecule has 0 atom stereocenters. The van der Waals surface area contributed by atoms with Gasteiger partial charge in [-0.3, -0.25) is 4.79 Å². The molecule has 1 saturated heterocycles. The van der Waals surface area contributed by atoms with Crippen LogP contribution in [-0.4, -0.2) is 42.1 Å². The maximum absolute atomic E-state index is 13.8. The first-order valence-electron chi connectivity index (χ1n) is 7.64. The fraction of sp³-hybridized carbons (Fsp3) is 0.278. The molecule has 1 N–H and O–H groups in total. The van der Waals surface area contributed by atoms with Gasteiger partial charge in [0.1, 0.15) is 11.6 Å². The molecule has 23 heavy (non-hydrogen) atoms. The van der Waals surface area contributed by atoms with Crippen molar-refractivity contribution in [3.8, 4) is 5.75 Å². The number of phenolic OH excluding ortho intramolecular Hbond substituents is 1. The second-order valence-corrected chi connectivity index (χ2v) is 5.75. The molecule has 0 aromatic heterocycles. The molecule has 1 amide bonds. The van der Waals surface area contributed by atoms with Gasteiger partial charge >= 0.3 is 0 Å². The molecular formula is C18H19FN2O2. The Kier molecular flexibility index (Phi) is 4.19. The SMILES string of the molecule is Cc1ccc(C(=O)N2CCN(c3ccccc3F)CC2)c(O)c1. The number of anilines is 1. The standard InChI is InChI=1S/C18H19FN2O2/c1-13-6-7-14(17(22)12-13)18(23)21-10-8-20(9-11-21)16-5-3-2-4-15(16)19/h2-7,12,22H,8-11H2,1H3. The summed E-state index contributed by atoms with van der Waals surface area (Å²) in [6, 6.07) is 11.7. The van der Waals surface area contributed by atoms with Crippen molar-refractivity contribution in [2.75, 3.05) is 31.1 Å². The van der Waals surface area contributed by atoms with E-state index in [1.165, 1.54) is 6.07 Å². The van der Waals surface area contributed by atoms with Gasteiger partial charge in [-0.15, -0.1) is 0 Å². The number of hydrogen-bond donors (Lipinski definition) is 1. The van der Waals surface area contributed by atoms with E-state index < -0.39 is 0 Å². The zero-order chi connectivity index (χ0) is 16.4. The van der Waals surface area contributed by atoms with Crippen LogP contribution >= 0.6 is 0 Å². The molecule has 4 nitrogen and oxygen atoms in total. The normalized spacial score (nSPS) is 14.9. The van der Waals surface area contributed by atoms with Crippen LogP contribution in [-0.2, 0) is 0 Å². The average molecular weight is 314 g/mol. The number of aryl methyl sites for hydroxylation is 1. The van der Waals surface area contributed by atoms with Crippen LogP contribution < -0.4 is 4.90 Å². The van der Waals surface area contributed by atoms with Crippen molar-refractivity contribution in [2.24, 2.45) is 0 Å². The Hall–Kier alpha value is -2.56. The van der Waals surface area contributed by atoms with Crippen LogP contribution in [0.15, 0.2) is 42.5 Å². The molecule has 2 aromatic carbocycles. The van der Waals surface area contributed by atoms with Crippen molar-refractivity contribution in [3.63, 3.8) is 0 Å². The molecule has 1 heterocycles. The minimum absolute atomic E-state index is 0.00605. The number of amides is 1. The molecule has 0 unspecified atom stereocenters. The van der Waals surface area contributed by atoms with Crippen molar-refractivity contribution in [1.29, 1.82) is 0 Å². The van der Waals surface area contributed by atoms with Crippen LogP contribution in [0.5, 0.6) is 5.75 Å². The Bertz CT molecular complexity index is 725. The number of hydrogen-bond acceptors (Lipinski definition) is 3. The first-order valence-corrected chi connectivity index (χ1v) is 7.64. The Morgan fingerprint density at radius 1 is 1.09 bits per heavy atom. The van der Waals surface area contributed by atoms with Gasteiger partial charge in [0.05, 0.1) is 11.3 Å². The Morgan fingerprint density at radius 2 is 1.78 bits per heavy atom. The van der Waals surface area contributed by atoms with E-state index in [-0.39, 0.29) is 17.5 Å². The topological polar surface area (TPSA) is 43.8 Å². The lowest BCUT2D eigenvalue weighted by Gasteiger charge is -2.36. The van der Waals surface area contributed by atoms with Crippen molar-refractivity contribution < 1.29 is 14.3 Å². The first-order chi connectivity index (χ1) is 11.1. The minimum Gasteiger partial charge on any atom is -0.507 e. The quantitative estimate of drug-likeness (QED) is 0.927. The van der Waals surface area contributed by atoms with Gasteiger partial charge in [0.15, 0.2) is 0 Å². The summed E-state index contributed by atoms with van der Waals surface area (Å²) in [6.07, 6.45) is 0. The van der Waals surface area contributed by atoms with Crippen LogP contribution in [0.4, 0.5) is 10.1 Å². The summed E-state index contributed by atoms with van der Waals surface area (Å²) in [4.78, 5) is 16.2. The monoisotopic (exact) mass is 314 g/mol. The van der Waals surface area contributed by atoms with Crippen molar-refractivity contribution in [3.05, 3.63) is 59.4 Å². The van der Waals surface area contributed by atoms with Crippen LogP contribution in [0.3, 0.4) is 0 Å². The van der Waals surface area contributed by atoms with Crippen LogP contribution in [0.2, 0.25) is 0 Å². The molecule has 0 aliphatic carbocycles. The molecule has 0 radical (unpaired) electrons. The fourth-order valence-corrected chi connectivity index (χ4v) is 2.85. The fourth-order valence-electron chi connectivity index (χ4n) is 2.85. The van der Waals surface area contributed by atoms with Crippen molar-refractivity contribution in [1.82, 2.24) is 4.90 Å². The summed E-state index contributed by atoms with van der Waals surface area (Å²) < 4.78 is 13.8. The van der Waals surface area contributed by atoms with Gasteiger partial charge in [-0.2, -0.15) is 0 Å². The number of rotatable bonds is 2. The van der Waals surface area contributed by atoms with E-state index in [2.05, 4.69) is 0 Å². The van der Waals surface area contributed by atoms with Crippen molar-refractivity contribution in [2.45, 2.75) is 6.92 Å². The molecule has 1 fully saturated rings. The number of piperazine rings is 1. The van der Waals surface area contributed by atoms with Crippen LogP contribution in [0, 0.1) is 12.7 Å². The lowest BCUT2D eigenvalue weighted by Crippen LogP contribution is -2.49. The van der Waals surface area contributed by atoms with Gasteiger partial charge in [-0.05, 0) is 36.8 Å². The summed E-state index contributed by atoms with van der Waals surface area (Å²) in [7, 11) is 0. The molecule has 2 aromatic rings. The molecule has 0 bridgehead atoms. The number of carbonyl (C=O) groups is 1. The van der Waals surface area contributed by atoms with E-state index in [0.717, 1.165) is 5.56 Å². The predicted molar refractivity (Wildman–Crippen MR) is 87.4 cm³/mol. The molecule has 1 aliphatic heterocycles. The van der Waals surface area contributed by atoms with Gasteiger partial charge in [0.2, 0.25) is 0 Å². The highest BCUT2D eigenvalue weighted by atomic mass is 19.1.